The normalized spacial score (nSPS) is 13.0. The molecule has 0 bridgehead atoms. The molecule has 2 N–H and O–H groups in total. The topological polar surface area (TPSA) is 45.7 Å². The largest absolute Gasteiger partial charge is 0.491 e. The highest BCUT2D eigenvalue weighted by molar-refractivity contribution is 5.80. The van der Waals surface area contributed by atoms with Crippen molar-refractivity contribution in [2.75, 3.05) is 20.2 Å². The molecule has 0 atom stereocenters. The quantitative estimate of drug-likeness (QED) is 0.510. The molecule has 0 radical (unpaired) electrons. The van der Waals surface area contributed by atoms with Gasteiger partial charge in [0, 0.05) is 12.6 Å². The van der Waals surface area contributed by atoms with Gasteiger partial charge in [0.1, 0.15) is 12.4 Å². The first-order valence-corrected chi connectivity index (χ1v) is 6.91. The van der Waals surface area contributed by atoms with Crippen LogP contribution in [0.25, 0.3) is 0 Å². The molecule has 7 heteroatoms. The Bertz CT molecular complexity index is 507. The van der Waals surface area contributed by atoms with Gasteiger partial charge in [-0.05, 0) is 32.9 Å². The van der Waals surface area contributed by atoms with Crippen molar-refractivity contribution in [3.63, 3.8) is 0 Å². The molecular formula is C15H22F3N3O. The first kappa shape index (κ1) is 18.1. The number of guanidine groups is 1. The molecule has 0 unspecified atom stereocenters. The van der Waals surface area contributed by atoms with E-state index in [2.05, 4.69) is 15.6 Å². The molecule has 0 aliphatic carbocycles. The molecule has 124 valence electrons. The minimum atomic E-state index is -4.42. The zero-order valence-electron chi connectivity index (χ0n) is 13.2. The van der Waals surface area contributed by atoms with Gasteiger partial charge in [-0.3, -0.25) is 4.99 Å². The Labute approximate surface area is 128 Å². The predicted octanol–water partition coefficient (Wildman–Crippen LogP) is 3.05. The van der Waals surface area contributed by atoms with Crippen LogP contribution in [0.5, 0.6) is 5.75 Å². The van der Waals surface area contributed by atoms with Crippen LogP contribution in [0.3, 0.4) is 0 Å². The zero-order chi connectivity index (χ0) is 16.8. The van der Waals surface area contributed by atoms with E-state index in [1.807, 2.05) is 20.8 Å². The summed E-state index contributed by atoms with van der Waals surface area (Å²) in [6.45, 7) is 6.38. The van der Waals surface area contributed by atoms with Crippen molar-refractivity contribution in [2.45, 2.75) is 32.5 Å². The van der Waals surface area contributed by atoms with Crippen molar-refractivity contribution in [2.24, 2.45) is 4.99 Å². The summed E-state index contributed by atoms with van der Waals surface area (Å²) in [5.41, 5.74) is -0.932. The number of ether oxygens (including phenoxy) is 1. The van der Waals surface area contributed by atoms with Gasteiger partial charge in [0.05, 0.1) is 12.1 Å². The summed E-state index contributed by atoms with van der Waals surface area (Å²) >= 11 is 0. The second kappa shape index (κ2) is 7.38. The summed E-state index contributed by atoms with van der Waals surface area (Å²) < 4.78 is 43.6. The predicted molar refractivity (Wildman–Crippen MR) is 81.2 cm³/mol. The number of nitrogens with one attached hydrogen (secondary N) is 2. The number of rotatable bonds is 4. The van der Waals surface area contributed by atoms with E-state index in [0.717, 1.165) is 6.07 Å². The average Bonchev–Trinajstić information content (AvgIpc) is 2.40. The minimum absolute atomic E-state index is 0.0952. The van der Waals surface area contributed by atoms with Crippen LogP contribution >= 0.6 is 0 Å². The van der Waals surface area contributed by atoms with Crippen molar-refractivity contribution in [1.29, 1.82) is 0 Å². The lowest BCUT2D eigenvalue weighted by molar-refractivity contribution is -0.138. The number of nitrogens with zero attached hydrogens (tertiary/aromatic N) is 1. The average molecular weight is 317 g/mol. The van der Waals surface area contributed by atoms with Gasteiger partial charge in [0.2, 0.25) is 0 Å². The maximum absolute atomic E-state index is 12.8. The monoisotopic (exact) mass is 317 g/mol. The van der Waals surface area contributed by atoms with Crippen molar-refractivity contribution in [1.82, 2.24) is 10.6 Å². The second-order valence-corrected chi connectivity index (χ2v) is 5.72. The fourth-order valence-corrected chi connectivity index (χ4v) is 1.69. The first-order chi connectivity index (χ1) is 10.1. The Kier molecular flexibility index (Phi) is 6.08. The Morgan fingerprint density at radius 2 is 1.82 bits per heavy atom. The summed E-state index contributed by atoms with van der Waals surface area (Å²) in [6.07, 6.45) is -4.42. The highest BCUT2D eigenvalue weighted by Gasteiger charge is 2.33. The summed E-state index contributed by atoms with van der Waals surface area (Å²) in [7, 11) is 1.63. The van der Waals surface area contributed by atoms with Crippen LogP contribution in [0.4, 0.5) is 13.2 Å². The number of hydrogen-bond acceptors (Lipinski definition) is 2. The smallest absolute Gasteiger partial charge is 0.419 e. The van der Waals surface area contributed by atoms with Crippen LogP contribution in [0.1, 0.15) is 26.3 Å². The third-order valence-corrected chi connectivity index (χ3v) is 2.56. The fraction of sp³-hybridized carbons (Fsp3) is 0.533. The van der Waals surface area contributed by atoms with E-state index in [0.29, 0.717) is 12.5 Å². The molecule has 0 aromatic heterocycles. The van der Waals surface area contributed by atoms with Gasteiger partial charge >= 0.3 is 6.18 Å². The van der Waals surface area contributed by atoms with Gasteiger partial charge in [-0.25, -0.2) is 0 Å². The van der Waals surface area contributed by atoms with E-state index in [-0.39, 0.29) is 17.9 Å². The number of benzene rings is 1. The number of hydrogen-bond donors (Lipinski definition) is 2. The van der Waals surface area contributed by atoms with Crippen molar-refractivity contribution < 1.29 is 17.9 Å². The van der Waals surface area contributed by atoms with Crippen molar-refractivity contribution >= 4 is 5.96 Å². The lowest BCUT2D eigenvalue weighted by atomic mass is 10.1. The Balaban J connectivity index is 2.52. The molecule has 0 saturated heterocycles. The van der Waals surface area contributed by atoms with E-state index in [1.165, 1.54) is 18.2 Å². The first-order valence-electron chi connectivity index (χ1n) is 6.91. The summed E-state index contributed by atoms with van der Waals surface area (Å²) in [5.74, 6) is 0.399. The molecule has 22 heavy (non-hydrogen) atoms. The van der Waals surface area contributed by atoms with Crippen LogP contribution in [0.2, 0.25) is 0 Å². The molecule has 0 amide bonds. The molecule has 1 rings (SSSR count). The third kappa shape index (κ3) is 6.24. The molecule has 0 aliphatic rings. The highest BCUT2D eigenvalue weighted by Crippen LogP contribution is 2.35. The number of para-hydroxylation sites is 1. The molecule has 0 spiro atoms. The van der Waals surface area contributed by atoms with Crippen molar-refractivity contribution in [3.8, 4) is 5.75 Å². The SMILES string of the molecule is CN=C(NCCOc1ccccc1C(F)(F)F)NC(C)(C)C. The zero-order valence-corrected chi connectivity index (χ0v) is 13.2. The molecule has 0 saturated carbocycles. The van der Waals surface area contributed by atoms with E-state index in [9.17, 15) is 13.2 Å². The Morgan fingerprint density at radius 3 is 2.36 bits per heavy atom. The number of halogens is 3. The van der Waals surface area contributed by atoms with E-state index in [4.69, 9.17) is 4.74 Å². The van der Waals surface area contributed by atoms with E-state index in [1.54, 1.807) is 7.05 Å². The molecule has 1 aromatic carbocycles. The molecule has 0 aliphatic heterocycles. The van der Waals surface area contributed by atoms with Crippen LogP contribution < -0.4 is 15.4 Å². The summed E-state index contributed by atoms with van der Waals surface area (Å²) in [5, 5.41) is 6.13. The second-order valence-electron chi connectivity index (χ2n) is 5.72. The van der Waals surface area contributed by atoms with Gasteiger partial charge in [0.15, 0.2) is 5.96 Å². The van der Waals surface area contributed by atoms with Gasteiger partial charge in [-0.2, -0.15) is 13.2 Å². The van der Waals surface area contributed by atoms with Crippen LogP contribution in [0.15, 0.2) is 29.3 Å². The maximum Gasteiger partial charge on any atom is 0.419 e. The summed E-state index contributed by atoms with van der Waals surface area (Å²) in [6, 6.07) is 5.16. The molecule has 4 nitrogen and oxygen atoms in total. The Hall–Kier alpha value is -1.92. The Morgan fingerprint density at radius 1 is 1.18 bits per heavy atom. The number of aliphatic imine (C=N–C) groups is 1. The molecule has 0 heterocycles. The van der Waals surface area contributed by atoms with Crippen molar-refractivity contribution in [3.05, 3.63) is 29.8 Å². The lowest BCUT2D eigenvalue weighted by Crippen LogP contribution is -2.48. The highest BCUT2D eigenvalue weighted by atomic mass is 19.4. The van der Waals surface area contributed by atoms with Gasteiger partial charge in [-0.15, -0.1) is 0 Å². The minimum Gasteiger partial charge on any atom is -0.491 e. The van der Waals surface area contributed by atoms with E-state index < -0.39 is 11.7 Å². The van der Waals surface area contributed by atoms with Crippen LogP contribution in [-0.2, 0) is 6.18 Å². The molecular weight excluding hydrogens is 295 g/mol. The molecule has 0 fully saturated rings. The van der Waals surface area contributed by atoms with Crippen LogP contribution in [0, 0.1) is 0 Å². The number of alkyl halides is 3. The van der Waals surface area contributed by atoms with E-state index >= 15 is 0 Å². The summed E-state index contributed by atoms with van der Waals surface area (Å²) in [4.78, 5) is 4.03. The van der Waals surface area contributed by atoms with Crippen LogP contribution in [-0.4, -0.2) is 31.7 Å². The third-order valence-electron chi connectivity index (χ3n) is 2.56. The lowest BCUT2D eigenvalue weighted by Gasteiger charge is -2.23. The standard InChI is InChI=1S/C15H22F3N3O/c1-14(2,3)21-13(19-4)20-9-10-22-12-8-6-5-7-11(12)15(16,17)18/h5-8H,9-10H2,1-4H3,(H2,19,20,21). The van der Waals surface area contributed by atoms with Gasteiger partial charge in [-0.1, -0.05) is 12.1 Å². The molecule has 1 aromatic rings. The van der Waals surface area contributed by atoms with Gasteiger partial charge < -0.3 is 15.4 Å². The maximum atomic E-state index is 12.8. The van der Waals surface area contributed by atoms with Gasteiger partial charge in [0.25, 0.3) is 0 Å². The fourth-order valence-electron chi connectivity index (χ4n) is 1.69.